The van der Waals surface area contributed by atoms with Gasteiger partial charge >= 0.3 is 8.96 Å². The Morgan fingerprint density at radius 1 is 0.913 bits per heavy atom. The van der Waals surface area contributed by atoms with E-state index in [0.717, 1.165) is 5.57 Å². The van der Waals surface area contributed by atoms with Gasteiger partial charge in [-0.05, 0) is 36.1 Å². The summed E-state index contributed by atoms with van der Waals surface area (Å²) in [5.41, 5.74) is 4.94. The average Bonchev–Trinajstić information content (AvgIpc) is 2.61. The van der Waals surface area contributed by atoms with Crippen LogP contribution in [0.5, 0.6) is 0 Å². The smallest absolute Gasteiger partial charge is 0.177 e. The molecule has 0 spiro atoms. The normalized spacial score (nSPS) is 10.8. The zero-order valence-corrected chi connectivity index (χ0v) is 15.7. The monoisotopic (exact) mass is 322 g/mol. The maximum atomic E-state index is 4.24. The van der Waals surface area contributed by atoms with Gasteiger partial charge in [0.05, 0.1) is 12.6 Å². The van der Waals surface area contributed by atoms with Crippen LogP contribution in [-0.2, 0) is 6.42 Å². The van der Waals surface area contributed by atoms with Crippen LogP contribution in [0.1, 0.15) is 30.5 Å². The maximum absolute atomic E-state index is 4.24. The van der Waals surface area contributed by atoms with Crippen molar-refractivity contribution in [3.63, 3.8) is 0 Å². The molecule has 0 aliphatic carbocycles. The van der Waals surface area contributed by atoms with E-state index in [9.17, 15) is 0 Å². The van der Waals surface area contributed by atoms with E-state index >= 15 is 0 Å². The second-order valence-electron chi connectivity index (χ2n) is 5.95. The largest absolute Gasteiger partial charge is 0.402 e. The van der Waals surface area contributed by atoms with Gasteiger partial charge in [0.15, 0.2) is 0 Å². The Balaban J connectivity index is 1.96. The second kappa shape index (κ2) is 8.85. The third kappa shape index (κ3) is 4.92. The van der Waals surface area contributed by atoms with Crippen LogP contribution in [0.4, 0.5) is 0 Å². The van der Waals surface area contributed by atoms with E-state index in [1.54, 1.807) is 0 Å². The predicted molar refractivity (Wildman–Crippen MR) is 104 cm³/mol. The number of hydrogen-bond donors (Lipinski definition) is 0. The Morgan fingerprint density at radius 3 is 2.04 bits per heavy atom. The molecule has 0 saturated heterocycles. The van der Waals surface area contributed by atoms with Gasteiger partial charge in [0.25, 0.3) is 0 Å². The molecule has 0 N–H and O–H groups in total. The fourth-order valence-corrected chi connectivity index (χ4v) is 4.97. The summed E-state index contributed by atoms with van der Waals surface area (Å²) in [4.78, 5) is 0. The topological polar surface area (TPSA) is 3.24 Å². The van der Waals surface area contributed by atoms with Crippen molar-refractivity contribution >= 4 is 14.5 Å². The van der Waals surface area contributed by atoms with Crippen molar-refractivity contribution in [3.05, 3.63) is 77.9 Å². The highest BCUT2D eigenvalue weighted by Crippen LogP contribution is 2.22. The Kier molecular flexibility index (Phi) is 6.81. The van der Waals surface area contributed by atoms with Gasteiger partial charge in [-0.15, -0.1) is 0 Å². The molecule has 0 radical (unpaired) electrons. The molecule has 0 fully saturated rings. The molecule has 0 saturated carbocycles. The summed E-state index contributed by atoms with van der Waals surface area (Å²) in [5, 5.41) is 0. The zero-order valence-electron chi connectivity index (χ0n) is 14.7. The molecule has 2 rings (SSSR count). The van der Waals surface area contributed by atoms with E-state index in [1.807, 2.05) is 6.07 Å². The Hall–Kier alpha value is -1.64. The Morgan fingerprint density at radius 2 is 1.48 bits per heavy atom. The lowest BCUT2D eigenvalue weighted by Crippen LogP contribution is -2.36. The summed E-state index contributed by atoms with van der Waals surface area (Å²) in [7, 11) is -0.380. The number of aryl methyl sites for hydroxylation is 1. The fraction of sp³-hybridized carbons (Fsp3) is 0.333. The third-order valence-corrected chi connectivity index (χ3v) is 7.19. The van der Waals surface area contributed by atoms with Crippen LogP contribution in [0.2, 0.25) is 12.6 Å². The first-order chi connectivity index (χ1) is 11.2. The van der Waals surface area contributed by atoms with E-state index in [2.05, 4.69) is 80.1 Å². The van der Waals surface area contributed by atoms with Gasteiger partial charge in [0.1, 0.15) is 0 Å². The molecule has 0 bridgehead atoms. The van der Waals surface area contributed by atoms with E-state index in [4.69, 9.17) is 0 Å². The fourth-order valence-electron chi connectivity index (χ4n) is 2.93. The summed E-state index contributed by atoms with van der Waals surface area (Å²) in [5.74, 6) is 0. The van der Waals surface area contributed by atoms with E-state index in [-0.39, 0.29) is 8.96 Å². The van der Waals surface area contributed by atoms with Crippen LogP contribution in [0, 0.1) is 0 Å². The van der Waals surface area contributed by atoms with Gasteiger partial charge in [-0.2, -0.15) is 4.57 Å². The molecule has 0 unspecified atom stereocenters. The van der Waals surface area contributed by atoms with Gasteiger partial charge in [-0.1, -0.05) is 61.2 Å². The van der Waals surface area contributed by atoms with E-state index < -0.39 is 0 Å². The Labute approximate surface area is 143 Å². The van der Waals surface area contributed by atoms with Crippen LogP contribution < -0.4 is 0 Å². The number of hydrogen-bond acceptors (Lipinski definition) is 1. The van der Waals surface area contributed by atoms with Gasteiger partial charge in [0, 0.05) is 19.5 Å². The third-order valence-electron chi connectivity index (χ3n) is 4.50. The quantitative estimate of drug-likeness (QED) is 0.600. The summed E-state index contributed by atoms with van der Waals surface area (Å²) < 4.78 is 2.62. The summed E-state index contributed by atoms with van der Waals surface area (Å²) in [6.45, 7) is 13.6. The molecule has 2 heteroatoms. The van der Waals surface area contributed by atoms with Gasteiger partial charge in [-0.3, -0.25) is 0 Å². The van der Waals surface area contributed by atoms with Crippen LogP contribution in [-0.4, -0.2) is 26.6 Å². The molecule has 1 nitrogen and oxygen atoms in total. The SMILES string of the molecule is C=C(c1ccccc1)c1ccc(CC[Si+](C)N(CC)CC)cc1. The first-order valence-electron chi connectivity index (χ1n) is 8.56. The predicted octanol–water partition coefficient (Wildman–Crippen LogP) is 5.25. The van der Waals surface area contributed by atoms with Crippen LogP contribution in [0.3, 0.4) is 0 Å². The van der Waals surface area contributed by atoms with E-state index in [0.29, 0.717) is 0 Å². The molecule has 120 valence electrons. The lowest BCUT2D eigenvalue weighted by Gasteiger charge is -2.12. The van der Waals surface area contributed by atoms with Crippen molar-refractivity contribution in [2.75, 3.05) is 13.1 Å². The molecule has 2 aromatic rings. The van der Waals surface area contributed by atoms with Crippen molar-refractivity contribution in [2.45, 2.75) is 32.9 Å². The van der Waals surface area contributed by atoms with Crippen molar-refractivity contribution in [2.24, 2.45) is 0 Å². The molecular formula is C21H28NSi+. The maximum Gasteiger partial charge on any atom is 0.402 e. The van der Waals surface area contributed by atoms with Crippen molar-refractivity contribution in [1.29, 1.82) is 0 Å². The minimum absolute atomic E-state index is 0.380. The number of nitrogens with zero attached hydrogens (tertiary/aromatic N) is 1. The summed E-state index contributed by atoms with van der Waals surface area (Å²) >= 11 is 0. The number of rotatable bonds is 8. The highest BCUT2D eigenvalue weighted by molar-refractivity contribution is 6.54. The first-order valence-corrected chi connectivity index (χ1v) is 10.7. The lowest BCUT2D eigenvalue weighted by molar-refractivity contribution is 0.479. The molecule has 0 atom stereocenters. The molecule has 0 aliphatic heterocycles. The van der Waals surface area contributed by atoms with Gasteiger partial charge < -0.3 is 0 Å². The van der Waals surface area contributed by atoms with E-state index in [1.165, 1.54) is 42.2 Å². The van der Waals surface area contributed by atoms with Crippen molar-refractivity contribution < 1.29 is 0 Å². The summed E-state index contributed by atoms with van der Waals surface area (Å²) in [6.07, 6.45) is 1.18. The average molecular weight is 323 g/mol. The Bertz CT molecular complexity index is 599. The number of benzene rings is 2. The molecule has 0 aliphatic rings. The van der Waals surface area contributed by atoms with Gasteiger partial charge in [-0.25, -0.2) is 0 Å². The van der Waals surface area contributed by atoms with Crippen molar-refractivity contribution in [1.82, 2.24) is 4.57 Å². The first kappa shape index (κ1) is 17.7. The molecule has 0 heterocycles. The van der Waals surface area contributed by atoms with Crippen LogP contribution in [0.25, 0.3) is 5.57 Å². The minimum Gasteiger partial charge on any atom is -0.177 e. The second-order valence-corrected chi connectivity index (χ2v) is 8.55. The molecule has 2 aromatic carbocycles. The van der Waals surface area contributed by atoms with Crippen LogP contribution in [0.15, 0.2) is 61.2 Å². The standard InChI is InChI=1S/C21H28NSi/c1-5-22(6-2)23(4)17-16-19-12-14-21(15-13-19)18(3)20-10-8-7-9-11-20/h7-15H,3,5-6,16-17H2,1-2,4H3/q+1. The van der Waals surface area contributed by atoms with Crippen molar-refractivity contribution in [3.8, 4) is 0 Å². The minimum atomic E-state index is -0.380. The molecule has 23 heavy (non-hydrogen) atoms. The zero-order chi connectivity index (χ0) is 16.7. The highest BCUT2D eigenvalue weighted by Gasteiger charge is 2.26. The lowest BCUT2D eigenvalue weighted by atomic mass is 9.98. The molecule has 0 amide bonds. The molecular weight excluding hydrogens is 294 g/mol. The highest BCUT2D eigenvalue weighted by atomic mass is 28.3. The molecule has 0 aromatic heterocycles. The van der Waals surface area contributed by atoms with Crippen LogP contribution >= 0.6 is 0 Å². The summed E-state index contributed by atoms with van der Waals surface area (Å²) in [6, 6.07) is 20.7. The van der Waals surface area contributed by atoms with Gasteiger partial charge in [0.2, 0.25) is 0 Å².